The van der Waals surface area contributed by atoms with E-state index >= 15 is 0 Å². The number of nitrogens with one attached hydrogen (secondary N) is 1. The number of aryl methyl sites for hydroxylation is 1. The quantitative estimate of drug-likeness (QED) is 0.654. The van der Waals surface area contributed by atoms with E-state index in [1.807, 2.05) is 13.0 Å². The Kier molecular flexibility index (Phi) is 4.39. The fourth-order valence-corrected chi connectivity index (χ4v) is 3.29. The van der Waals surface area contributed by atoms with E-state index in [9.17, 15) is 0 Å². The predicted molar refractivity (Wildman–Crippen MR) is 77.4 cm³/mol. The molecule has 2 aromatic rings. The summed E-state index contributed by atoms with van der Waals surface area (Å²) in [5.74, 6) is 1.60. The minimum Gasteiger partial charge on any atom is -0.497 e. The summed E-state index contributed by atoms with van der Waals surface area (Å²) in [4.78, 5) is 5.25. The number of methoxy groups -OCH3 is 1. The number of hydrogen-bond donors (Lipinski definition) is 2. The number of amidine groups is 1. The average molecular weight is 294 g/mol. The first-order chi connectivity index (χ1) is 9.13. The van der Waals surface area contributed by atoms with Gasteiger partial charge in [-0.15, -0.1) is 0 Å². The van der Waals surface area contributed by atoms with Gasteiger partial charge in [-0.25, -0.2) is 4.98 Å². The van der Waals surface area contributed by atoms with Crippen molar-refractivity contribution in [3.05, 3.63) is 29.6 Å². The van der Waals surface area contributed by atoms with Gasteiger partial charge in [-0.2, -0.15) is 4.37 Å². The van der Waals surface area contributed by atoms with Gasteiger partial charge in [0.05, 0.1) is 7.11 Å². The van der Waals surface area contributed by atoms with Crippen LogP contribution in [0.5, 0.6) is 5.75 Å². The maximum Gasteiger partial charge on any atom is 0.174 e. The van der Waals surface area contributed by atoms with Crippen LogP contribution in [0.15, 0.2) is 27.4 Å². The summed E-state index contributed by atoms with van der Waals surface area (Å²) in [5.41, 5.74) is 6.27. The maximum atomic E-state index is 7.60. The van der Waals surface area contributed by atoms with E-state index < -0.39 is 0 Å². The first kappa shape index (κ1) is 13.8. The number of nitrogen functional groups attached to an aromatic ring is 1. The van der Waals surface area contributed by atoms with Gasteiger partial charge in [0.15, 0.2) is 4.34 Å². The van der Waals surface area contributed by atoms with Crippen LogP contribution in [-0.4, -0.2) is 22.3 Å². The van der Waals surface area contributed by atoms with Crippen molar-refractivity contribution in [1.29, 1.82) is 5.41 Å². The van der Waals surface area contributed by atoms with Crippen LogP contribution in [0.1, 0.15) is 18.3 Å². The van der Waals surface area contributed by atoms with Gasteiger partial charge in [-0.05, 0) is 29.7 Å². The third-order valence-electron chi connectivity index (χ3n) is 2.44. The van der Waals surface area contributed by atoms with E-state index in [2.05, 4.69) is 9.36 Å². The molecule has 0 aliphatic rings. The Labute approximate surface area is 119 Å². The monoisotopic (exact) mass is 294 g/mol. The first-order valence-electron chi connectivity index (χ1n) is 5.67. The molecule has 0 spiro atoms. The molecule has 0 aliphatic heterocycles. The van der Waals surface area contributed by atoms with Crippen molar-refractivity contribution in [3.63, 3.8) is 0 Å². The molecular formula is C12H14N4OS2. The number of ether oxygens (including phenoxy) is 1. The molecule has 0 saturated carbocycles. The van der Waals surface area contributed by atoms with Crippen LogP contribution in [0.3, 0.4) is 0 Å². The van der Waals surface area contributed by atoms with Crippen molar-refractivity contribution in [1.82, 2.24) is 9.36 Å². The molecule has 5 nitrogen and oxygen atoms in total. The molecule has 0 saturated heterocycles. The average Bonchev–Trinajstić information content (AvgIpc) is 2.86. The summed E-state index contributed by atoms with van der Waals surface area (Å²) in [6.45, 7) is 2.02. The Morgan fingerprint density at radius 2 is 2.32 bits per heavy atom. The van der Waals surface area contributed by atoms with Gasteiger partial charge in [0.1, 0.15) is 17.4 Å². The molecule has 7 heteroatoms. The third-order valence-corrected chi connectivity index (χ3v) is 4.29. The minimum atomic E-state index is 0.0328. The number of nitrogens with zero attached hydrogens (tertiary/aromatic N) is 2. The van der Waals surface area contributed by atoms with Gasteiger partial charge in [0.2, 0.25) is 0 Å². The Hall–Kier alpha value is -1.60. The third kappa shape index (κ3) is 3.24. The molecule has 1 heterocycles. The van der Waals surface area contributed by atoms with Crippen LogP contribution in [0.2, 0.25) is 0 Å². The highest BCUT2D eigenvalue weighted by Gasteiger charge is 2.11. The van der Waals surface area contributed by atoms with Crippen LogP contribution < -0.4 is 10.5 Å². The van der Waals surface area contributed by atoms with Gasteiger partial charge >= 0.3 is 0 Å². The number of rotatable bonds is 5. The van der Waals surface area contributed by atoms with Crippen LogP contribution in [0, 0.1) is 5.41 Å². The van der Waals surface area contributed by atoms with Crippen molar-refractivity contribution < 1.29 is 4.74 Å². The normalized spacial score (nSPS) is 10.4. The highest BCUT2D eigenvalue weighted by atomic mass is 32.2. The van der Waals surface area contributed by atoms with E-state index in [0.29, 0.717) is 5.56 Å². The van der Waals surface area contributed by atoms with Crippen molar-refractivity contribution in [2.75, 3.05) is 7.11 Å². The fraction of sp³-hybridized carbons (Fsp3) is 0.250. The number of aromatic nitrogens is 2. The van der Waals surface area contributed by atoms with Gasteiger partial charge < -0.3 is 10.5 Å². The topological polar surface area (TPSA) is 84.9 Å². The highest BCUT2D eigenvalue weighted by Crippen LogP contribution is 2.33. The van der Waals surface area contributed by atoms with Crippen LogP contribution in [-0.2, 0) is 6.42 Å². The maximum absolute atomic E-state index is 7.60. The SMILES string of the molecule is CCc1nsc(Sc2cc(OC)ccc2C(=N)N)n1. The van der Waals surface area contributed by atoms with E-state index in [0.717, 1.165) is 27.2 Å². The summed E-state index contributed by atoms with van der Waals surface area (Å²) in [7, 11) is 1.61. The summed E-state index contributed by atoms with van der Waals surface area (Å²) in [6.07, 6.45) is 0.814. The standard InChI is InChI=1S/C12H14N4OS2/c1-3-10-15-12(19-16-10)18-9-6-7(17-2)4-5-8(9)11(13)14/h4-6H,3H2,1-2H3,(H3,13,14). The van der Waals surface area contributed by atoms with Gasteiger partial charge in [-0.3, -0.25) is 5.41 Å². The predicted octanol–water partition coefficient (Wildman–Crippen LogP) is 2.54. The van der Waals surface area contributed by atoms with Crippen LogP contribution in [0.25, 0.3) is 0 Å². The second-order valence-electron chi connectivity index (χ2n) is 3.71. The number of hydrogen-bond acceptors (Lipinski definition) is 6. The van der Waals surface area contributed by atoms with Crippen molar-refractivity contribution in [2.24, 2.45) is 5.73 Å². The lowest BCUT2D eigenvalue weighted by Crippen LogP contribution is -2.12. The van der Waals surface area contributed by atoms with Gasteiger partial charge in [0.25, 0.3) is 0 Å². The molecule has 0 amide bonds. The zero-order valence-electron chi connectivity index (χ0n) is 10.6. The van der Waals surface area contributed by atoms with Crippen LogP contribution >= 0.6 is 23.3 Å². The highest BCUT2D eigenvalue weighted by molar-refractivity contribution is 8.01. The Morgan fingerprint density at radius 3 is 2.89 bits per heavy atom. The lowest BCUT2D eigenvalue weighted by molar-refractivity contribution is 0.413. The summed E-state index contributed by atoms with van der Waals surface area (Å²) >= 11 is 2.80. The number of nitrogens with two attached hydrogens (primary N) is 1. The molecule has 1 aromatic heterocycles. The molecule has 0 unspecified atom stereocenters. The Bertz CT molecular complexity index is 597. The van der Waals surface area contributed by atoms with Crippen molar-refractivity contribution >= 4 is 29.1 Å². The molecule has 19 heavy (non-hydrogen) atoms. The molecule has 2 rings (SSSR count). The fourth-order valence-electron chi connectivity index (χ4n) is 1.45. The summed E-state index contributed by atoms with van der Waals surface area (Å²) < 4.78 is 10.3. The molecule has 1 aromatic carbocycles. The molecule has 0 atom stereocenters. The second-order valence-corrected chi connectivity index (χ2v) is 5.75. The zero-order chi connectivity index (χ0) is 13.8. The zero-order valence-corrected chi connectivity index (χ0v) is 12.3. The Morgan fingerprint density at radius 1 is 1.53 bits per heavy atom. The molecule has 0 bridgehead atoms. The molecule has 3 N–H and O–H groups in total. The summed E-state index contributed by atoms with van der Waals surface area (Å²) in [6, 6.07) is 5.43. The van der Waals surface area contributed by atoms with Gasteiger partial charge in [0, 0.05) is 16.9 Å². The lowest BCUT2D eigenvalue weighted by Gasteiger charge is -2.08. The van der Waals surface area contributed by atoms with Crippen molar-refractivity contribution in [2.45, 2.75) is 22.6 Å². The minimum absolute atomic E-state index is 0.0328. The van der Waals surface area contributed by atoms with Gasteiger partial charge in [-0.1, -0.05) is 18.7 Å². The molecule has 0 fully saturated rings. The number of benzene rings is 1. The van der Waals surface area contributed by atoms with E-state index in [-0.39, 0.29) is 5.84 Å². The lowest BCUT2D eigenvalue weighted by atomic mass is 10.2. The Balaban J connectivity index is 2.33. The summed E-state index contributed by atoms with van der Waals surface area (Å²) in [5, 5.41) is 7.60. The second kappa shape index (κ2) is 6.03. The molecule has 0 radical (unpaired) electrons. The molecule has 0 aliphatic carbocycles. The molecular weight excluding hydrogens is 280 g/mol. The van der Waals surface area contributed by atoms with E-state index in [1.165, 1.54) is 23.3 Å². The molecule has 100 valence electrons. The first-order valence-corrected chi connectivity index (χ1v) is 7.26. The van der Waals surface area contributed by atoms with Crippen LogP contribution in [0.4, 0.5) is 0 Å². The van der Waals surface area contributed by atoms with Crippen molar-refractivity contribution in [3.8, 4) is 5.75 Å². The van der Waals surface area contributed by atoms with E-state index in [4.69, 9.17) is 15.9 Å². The van der Waals surface area contributed by atoms with E-state index in [1.54, 1.807) is 19.2 Å². The largest absolute Gasteiger partial charge is 0.497 e. The smallest absolute Gasteiger partial charge is 0.174 e.